The van der Waals surface area contributed by atoms with E-state index in [0.29, 0.717) is 31.4 Å². The maximum atomic E-state index is 12.8. The number of carbonyl (C=O) groups excluding carboxylic acids is 3. The van der Waals surface area contributed by atoms with Gasteiger partial charge < -0.3 is 37.6 Å². The molecule has 11 nitrogen and oxygen atoms in total. The average Bonchev–Trinajstić information content (AvgIpc) is 2.77. The van der Waals surface area contributed by atoms with Crippen molar-refractivity contribution < 1.29 is 29.4 Å². The van der Waals surface area contributed by atoms with Gasteiger partial charge in [0, 0.05) is 12.2 Å². The van der Waals surface area contributed by atoms with Gasteiger partial charge in [-0.2, -0.15) is 12.6 Å². The number of phenols is 1. The summed E-state index contributed by atoms with van der Waals surface area (Å²) < 4.78 is 0. The average molecular weight is 484 g/mol. The molecule has 0 spiro atoms. The molecule has 1 rings (SSSR count). The molecule has 4 unspecified atom stereocenters. The minimum atomic E-state index is -1.26. The van der Waals surface area contributed by atoms with Gasteiger partial charge in [-0.25, -0.2) is 4.79 Å². The second-order valence-electron chi connectivity index (χ2n) is 7.65. The summed E-state index contributed by atoms with van der Waals surface area (Å²) in [7, 11) is 0. The van der Waals surface area contributed by atoms with Crippen LogP contribution in [-0.4, -0.2) is 70.4 Å². The molecule has 3 amide bonds. The van der Waals surface area contributed by atoms with Gasteiger partial charge in [-0.1, -0.05) is 12.1 Å². The molecule has 12 heteroatoms. The van der Waals surface area contributed by atoms with E-state index in [4.69, 9.17) is 11.5 Å². The molecular weight excluding hydrogens is 450 g/mol. The van der Waals surface area contributed by atoms with Gasteiger partial charge in [-0.3, -0.25) is 14.4 Å². The number of nitrogens with two attached hydrogens (primary N) is 2. The van der Waals surface area contributed by atoms with E-state index in [1.54, 1.807) is 12.1 Å². The Morgan fingerprint density at radius 3 is 2.00 bits per heavy atom. The standard InChI is InChI=1S/C21H33N5O6S/c1-12(23)18(28)24-15(4-2-3-9-22)19(29)26-17(11-33)20(30)25-16(21(31)32)10-13-5-7-14(27)8-6-13/h5-8,12,15-17,27,33H,2-4,9-11,22-23H2,1H3,(H,24,28)(H,25,30)(H,26,29)(H,31,32). The smallest absolute Gasteiger partial charge is 0.326 e. The predicted octanol–water partition coefficient (Wildman–Crippen LogP) is -1.12. The van der Waals surface area contributed by atoms with Crippen molar-refractivity contribution in [1.29, 1.82) is 0 Å². The number of phenolic OH excluding ortho intramolecular Hbond substituents is 1. The van der Waals surface area contributed by atoms with E-state index in [2.05, 4.69) is 28.6 Å². The van der Waals surface area contributed by atoms with Gasteiger partial charge in [0.1, 0.15) is 23.9 Å². The number of aromatic hydroxyl groups is 1. The zero-order valence-corrected chi connectivity index (χ0v) is 19.4. The van der Waals surface area contributed by atoms with Gasteiger partial charge in [0.25, 0.3) is 0 Å². The van der Waals surface area contributed by atoms with Crippen molar-refractivity contribution in [3.63, 3.8) is 0 Å². The highest BCUT2D eigenvalue weighted by atomic mass is 32.1. The van der Waals surface area contributed by atoms with Crippen molar-refractivity contribution in [3.05, 3.63) is 29.8 Å². The van der Waals surface area contributed by atoms with Crippen LogP contribution >= 0.6 is 12.6 Å². The maximum absolute atomic E-state index is 12.8. The lowest BCUT2D eigenvalue weighted by atomic mass is 10.1. The number of carboxylic acid groups (broad SMARTS) is 1. The molecule has 0 radical (unpaired) electrons. The lowest BCUT2D eigenvalue weighted by Crippen LogP contribution is -2.57. The van der Waals surface area contributed by atoms with Crippen LogP contribution in [0.2, 0.25) is 0 Å². The summed E-state index contributed by atoms with van der Waals surface area (Å²) in [6.45, 7) is 1.91. The second-order valence-corrected chi connectivity index (χ2v) is 8.01. The predicted molar refractivity (Wildman–Crippen MR) is 126 cm³/mol. The fourth-order valence-electron chi connectivity index (χ4n) is 2.87. The summed E-state index contributed by atoms with van der Waals surface area (Å²) in [4.78, 5) is 49.1. The Morgan fingerprint density at radius 1 is 0.939 bits per heavy atom. The number of hydrogen-bond donors (Lipinski definition) is 8. The molecular formula is C21H33N5O6S. The Balaban J connectivity index is 2.84. The fraction of sp³-hybridized carbons (Fsp3) is 0.524. The molecule has 0 aromatic heterocycles. The Bertz CT molecular complexity index is 805. The summed E-state index contributed by atoms with van der Waals surface area (Å²) in [6.07, 6.45) is 1.48. The third kappa shape index (κ3) is 10.1. The quantitative estimate of drug-likeness (QED) is 0.120. The number of rotatable bonds is 14. The van der Waals surface area contributed by atoms with Crippen molar-refractivity contribution in [2.24, 2.45) is 11.5 Å². The van der Waals surface area contributed by atoms with Crippen molar-refractivity contribution >= 4 is 36.3 Å². The van der Waals surface area contributed by atoms with Crippen LogP contribution in [0.5, 0.6) is 5.75 Å². The van der Waals surface area contributed by atoms with E-state index in [0.717, 1.165) is 0 Å². The van der Waals surface area contributed by atoms with Crippen LogP contribution in [0.15, 0.2) is 24.3 Å². The van der Waals surface area contributed by atoms with Crippen molar-refractivity contribution in [2.45, 2.75) is 56.8 Å². The molecule has 0 heterocycles. The van der Waals surface area contributed by atoms with Crippen LogP contribution in [-0.2, 0) is 25.6 Å². The van der Waals surface area contributed by atoms with Crippen molar-refractivity contribution in [1.82, 2.24) is 16.0 Å². The van der Waals surface area contributed by atoms with Crippen molar-refractivity contribution in [2.75, 3.05) is 12.3 Å². The first-order valence-electron chi connectivity index (χ1n) is 10.6. The molecule has 0 fully saturated rings. The number of carbonyl (C=O) groups is 4. The first-order chi connectivity index (χ1) is 15.6. The van der Waals surface area contributed by atoms with Crippen LogP contribution < -0.4 is 27.4 Å². The van der Waals surface area contributed by atoms with Gasteiger partial charge in [0.05, 0.1) is 6.04 Å². The Morgan fingerprint density at radius 2 is 1.48 bits per heavy atom. The zero-order valence-electron chi connectivity index (χ0n) is 18.5. The molecule has 0 saturated heterocycles. The number of nitrogens with one attached hydrogen (secondary N) is 3. The highest BCUT2D eigenvalue weighted by Crippen LogP contribution is 2.12. The van der Waals surface area contributed by atoms with E-state index in [1.165, 1.54) is 19.1 Å². The number of amides is 3. The van der Waals surface area contributed by atoms with Crippen LogP contribution in [0.3, 0.4) is 0 Å². The summed E-state index contributed by atoms with van der Waals surface area (Å²) in [6, 6.07) is 1.76. The van der Waals surface area contributed by atoms with E-state index < -0.39 is 47.9 Å². The summed E-state index contributed by atoms with van der Waals surface area (Å²) >= 11 is 4.10. The molecule has 1 aromatic rings. The number of thiol groups is 1. The number of benzene rings is 1. The summed E-state index contributed by atoms with van der Waals surface area (Å²) in [5.41, 5.74) is 11.6. The summed E-state index contributed by atoms with van der Waals surface area (Å²) in [5.74, 6) is -3.19. The third-order valence-corrected chi connectivity index (χ3v) is 5.16. The number of carboxylic acids is 1. The lowest BCUT2D eigenvalue weighted by Gasteiger charge is -2.24. The lowest BCUT2D eigenvalue weighted by molar-refractivity contribution is -0.142. The van der Waals surface area contributed by atoms with Gasteiger partial charge >= 0.3 is 5.97 Å². The SMILES string of the molecule is CC(N)C(=O)NC(CCCCN)C(=O)NC(CS)C(=O)NC(Cc1ccc(O)cc1)C(=O)O. The minimum Gasteiger partial charge on any atom is -0.508 e. The highest BCUT2D eigenvalue weighted by molar-refractivity contribution is 7.80. The Labute approximate surface area is 198 Å². The number of unbranched alkanes of at least 4 members (excludes halogenated alkanes) is 1. The first-order valence-corrected chi connectivity index (χ1v) is 11.2. The van der Waals surface area contributed by atoms with Crippen LogP contribution in [0.25, 0.3) is 0 Å². The summed E-state index contributed by atoms with van der Waals surface area (Å²) in [5, 5.41) is 26.3. The molecule has 0 aliphatic rings. The van der Waals surface area contributed by atoms with Crippen LogP contribution in [0.4, 0.5) is 0 Å². The molecule has 0 aliphatic carbocycles. The van der Waals surface area contributed by atoms with E-state index in [1.807, 2.05) is 0 Å². The zero-order chi connectivity index (χ0) is 25.0. The van der Waals surface area contributed by atoms with Crippen LogP contribution in [0.1, 0.15) is 31.7 Å². The molecule has 0 aliphatic heterocycles. The van der Waals surface area contributed by atoms with Gasteiger partial charge in [0.15, 0.2) is 0 Å². The topological polar surface area (TPSA) is 197 Å². The van der Waals surface area contributed by atoms with Crippen LogP contribution in [0, 0.1) is 0 Å². The molecule has 184 valence electrons. The fourth-order valence-corrected chi connectivity index (χ4v) is 3.13. The molecule has 4 atom stereocenters. The molecule has 33 heavy (non-hydrogen) atoms. The maximum Gasteiger partial charge on any atom is 0.326 e. The monoisotopic (exact) mass is 483 g/mol. The highest BCUT2D eigenvalue weighted by Gasteiger charge is 2.29. The normalized spacial score (nSPS) is 14.4. The van der Waals surface area contributed by atoms with Crippen molar-refractivity contribution in [3.8, 4) is 5.75 Å². The minimum absolute atomic E-state index is 0.0270. The first kappa shape index (κ1) is 28.2. The molecule has 0 bridgehead atoms. The molecule has 1 aromatic carbocycles. The van der Waals surface area contributed by atoms with E-state index in [-0.39, 0.29) is 17.9 Å². The second kappa shape index (κ2) is 14.3. The van der Waals surface area contributed by atoms with Gasteiger partial charge in [-0.15, -0.1) is 0 Å². The largest absolute Gasteiger partial charge is 0.508 e. The number of aliphatic carboxylic acids is 1. The van der Waals surface area contributed by atoms with E-state index >= 15 is 0 Å². The molecule has 0 saturated carbocycles. The molecule has 9 N–H and O–H groups in total. The van der Waals surface area contributed by atoms with E-state index in [9.17, 15) is 29.4 Å². The Hall–Kier alpha value is -2.83. The number of hydrogen-bond acceptors (Lipinski definition) is 8. The third-order valence-electron chi connectivity index (χ3n) is 4.80. The van der Waals surface area contributed by atoms with Gasteiger partial charge in [-0.05, 0) is 50.4 Å². The van der Waals surface area contributed by atoms with Gasteiger partial charge in [0.2, 0.25) is 17.7 Å². The Kier molecular flexibility index (Phi) is 12.3.